The molecule has 2 fully saturated rings. The van der Waals surface area contributed by atoms with Crippen LogP contribution in [0.15, 0.2) is 0 Å². The van der Waals surface area contributed by atoms with Crippen LogP contribution < -0.4 is 0 Å². The maximum atomic E-state index is 11.9. The van der Waals surface area contributed by atoms with Crippen LogP contribution in [0.1, 0.15) is 6.92 Å². The summed E-state index contributed by atoms with van der Waals surface area (Å²) in [5, 5.41) is 8.84. The zero-order chi connectivity index (χ0) is 12.4. The molecule has 0 aromatic carbocycles. The molecule has 1 amide bonds. The van der Waals surface area contributed by atoms with Gasteiger partial charge in [-0.1, -0.05) is 6.92 Å². The summed E-state index contributed by atoms with van der Waals surface area (Å²) in [6.45, 7) is 3.96. The Morgan fingerprint density at radius 3 is 2.59 bits per heavy atom. The van der Waals surface area contributed by atoms with Gasteiger partial charge in [0.15, 0.2) is 6.10 Å². The first-order valence-electron chi connectivity index (χ1n) is 5.80. The van der Waals surface area contributed by atoms with Crippen molar-refractivity contribution in [1.82, 2.24) is 4.90 Å². The van der Waals surface area contributed by atoms with Crippen molar-refractivity contribution in [2.45, 2.75) is 13.0 Å². The van der Waals surface area contributed by atoms with E-state index < -0.39 is 18.0 Å². The van der Waals surface area contributed by atoms with E-state index in [1.807, 2.05) is 0 Å². The Kier molecular flexibility index (Phi) is 3.63. The second-order valence-electron chi connectivity index (χ2n) is 4.56. The molecule has 2 aliphatic heterocycles. The van der Waals surface area contributed by atoms with Crippen molar-refractivity contribution in [3.63, 3.8) is 0 Å². The topological polar surface area (TPSA) is 76.1 Å². The molecule has 0 saturated carbocycles. The third kappa shape index (κ3) is 2.58. The summed E-state index contributed by atoms with van der Waals surface area (Å²) in [6.07, 6.45) is -0.509. The summed E-state index contributed by atoms with van der Waals surface area (Å²) >= 11 is 0. The smallest absolute Gasteiger partial charge is 0.306 e. The number of hydrogen-bond donors (Lipinski definition) is 1. The Morgan fingerprint density at radius 2 is 2.06 bits per heavy atom. The van der Waals surface area contributed by atoms with E-state index >= 15 is 0 Å². The first-order chi connectivity index (χ1) is 8.09. The lowest BCUT2D eigenvalue weighted by molar-refractivity contribution is -0.167. The predicted octanol–water partition coefficient (Wildman–Crippen LogP) is -0.419. The van der Waals surface area contributed by atoms with Crippen molar-refractivity contribution >= 4 is 11.9 Å². The number of nitrogens with zero attached hydrogens (tertiary/aromatic N) is 1. The van der Waals surface area contributed by atoms with E-state index in [9.17, 15) is 9.59 Å². The lowest BCUT2D eigenvalue weighted by Crippen LogP contribution is -2.57. The second kappa shape index (κ2) is 5.01. The number of carbonyl (C=O) groups is 2. The van der Waals surface area contributed by atoms with Gasteiger partial charge < -0.3 is 19.5 Å². The van der Waals surface area contributed by atoms with E-state index in [4.69, 9.17) is 14.6 Å². The van der Waals surface area contributed by atoms with Crippen molar-refractivity contribution in [3.05, 3.63) is 0 Å². The van der Waals surface area contributed by atoms with Gasteiger partial charge in [-0.3, -0.25) is 9.59 Å². The highest BCUT2D eigenvalue weighted by molar-refractivity contribution is 5.82. The number of likely N-dealkylation sites (tertiary alicyclic amines) is 1. The Labute approximate surface area is 99.5 Å². The molecule has 0 aromatic heterocycles. The first-order valence-corrected chi connectivity index (χ1v) is 5.80. The van der Waals surface area contributed by atoms with Crippen LogP contribution >= 0.6 is 0 Å². The molecule has 6 heteroatoms. The number of aliphatic carboxylic acids is 1. The average Bonchev–Trinajstić information content (AvgIpc) is 2.27. The summed E-state index contributed by atoms with van der Waals surface area (Å²) in [6, 6.07) is 0. The molecule has 2 aliphatic rings. The highest BCUT2D eigenvalue weighted by atomic mass is 16.6. The Balaban J connectivity index is 1.78. The second-order valence-corrected chi connectivity index (χ2v) is 4.56. The fourth-order valence-electron chi connectivity index (χ4n) is 2.04. The Bertz CT molecular complexity index is 307. The molecule has 0 bridgehead atoms. The van der Waals surface area contributed by atoms with Crippen molar-refractivity contribution in [3.8, 4) is 0 Å². The average molecular weight is 243 g/mol. The van der Waals surface area contributed by atoms with Gasteiger partial charge in [0.05, 0.1) is 25.7 Å². The quantitative estimate of drug-likeness (QED) is 0.728. The molecular formula is C11H17NO5. The first kappa shape index (κ1) is 12.3. The molecule has 96 valence electrons. The number of rotatable bonds is 3. The van der Waals surface area contributed by atoms with Gasteiger partial charge in [0.2, 0.25) is 0 Å². The van der Waals surface area contributed by atoms with Crippen LogP contribution in [0.25, 0.3) is 0 Å². The Hall–Kier alpha value is -1.14. The number of hydrogen-bond acceptors (Lipinski definition) is 4. The SMILES string of the molecule is CC(C(=O)O)C1CN(C(=O)C2COCCO2)C1. The fraction of sp³-hybridized carbons (Fsp3) is 0.818. The largest absolute Gasteiger partial charge is 0.481 e. The van der Waals surface area contributed by atoms with Crippen LogP contribution in [-0.4, -0.2) is 60.9 Å². The van der Waals surface area contributed by atoms with E-state index in [0.29, 0.717) is 32.9 Å². The summed E-state index contributed by atoms with van der Waals surface area (Å²) in [5.41, 5.74) is 0. The lowest BCUT2D eigenvalue weighted by Gasteiger charge is -2.42. The molecule has 17 heavy (non-hydrogen) atoms. The van der Waals surface area contributed by atoms with Crippen LogP contribution in [-0.2, 0) is 19.1 Å². The summed E-state index contributed by atoms with van der Waals surface area (Å²) in [7, 11) is 0. The molecule has 0 radical (unpaired) electrons. The molecule has 0 aliphatic carbocycles. The molecule has 0 aromatic rings. The van der Waals surface area contributed by atoms with Crippen molar-refractivity contribution in [2.24, 2.45) is 11.8 Å². The van der Waals surface area contributed by atoms with Gasteiger partial charge in [-0.2, -0.15) is 0 Å². The van der Waals surface area contributed by atoms with Gasteiger partial charge in [-0.15, -0.1) is 0 Å². The minimum Gasteiger partial charge on any atom is -0.481 e. The van der Waals surface area contributed by atoms with Crippen LogP contribution in [0.5, 0.6) is 0 Å². The van der Waals surface area contributed by atoms with Gasteiger partial charge in [-0.05, 0) is 0 Å². The van der Waals surface area contributed by atoms with Crippen LogP contribution in [0.4, 0.5) is 0 Å². The zero-order valence-electron chi connectivity index (χ0n) is 9.80. The van der Waals surface area contributed by atoms with Crippen LogP contribution in [0.3, 0.4) is 0 Å². The van der Waals surface area contributed by atoms with Gasteiger partial charge in [0.1, 0.15) is 0 Å². The minimum atomic E-state index is -0.806. The molecule has 0 spiro atoms. The van der Waals surface area contributed by atoms with Crippen molar-refractivity contribution in [2.75, 3.05) is 32.9 Å². The molecule has 2 heterocycles. The molecule has 1 N–H and O–H groups in total. The summed E-state index contributed by atoms with van der Waals surface area (Å²) in [5.74, 6) is -1.23. The summed E-state index contributed by atoms with van der Waals surface area (Å²) < 4.78 is 10.5. The van der Waals surface area contributed by atoms with Crippen LogP contribution in [0.2, 0.25) is 0 Å². The zero-order valence-corrected chi connectivity index (χ0v) is 9.80. The molecule has 6 nitrogen and oxygen atoms in total. The van der Waals surface area contributed by atoms with Crippen molar-refractivity contribution < 1.29 is 24.2 Å². The molecule has 2 rings (SSSR count). The Morgan fingerprint density at radius 1 is 1.35 bits per heavy atom. The number of ether oxygens (including phenoxy) is 2. The number of amides is 1. The van der Waals surface area contributed by atoms with Crippen molar-refractivity contribution in [1.29, 1.82) is 0 Å². The highest BCUT2D eigenvalue weighted by Crippen LogP contribution is 2.25. The maximum absolute atomic E-state index is 11.9. The van der Waals surface area contributed by atoms with Gasteiger partial charge in [0.25, 0.3) is 5.91 Å². The van der Waals surface area contributed by atoms with Gasteiger partial charge in [0, 0.05) is 19.0 Å². The van der Waals surface area contributed by atoms with Crippen LogP contribution in [0, 0.1) is 11.8 Å². The fourth-order valence-corrected chi connectivity index (χ4v) is 2.04. The standard InChI is InChI=1S/C11H17NO5/c1-7(11(14)15)8-4-12(5-8)10(13)9-6-16-2-3-17-9/h7-9H,2-6H2,1H3,(H,14,15). The molecule has 2 saturated heterocycles. The third-order valence-electron chi connectivity index (χ3n) is 3.41. The van der Waals surface area contributed by atoms with Gasteiger partial charge in [-0.25, -0.2) is 0 Å². The van der Waals surface area contributed by atoms with E-state index in [1.54, 1.807) is 11.8 Å². The number of carboxylic acid groups (broad SMARTS) is 1. The maximum Gasteiger partial charge on any atom is 0.306 e. The highest BCUT2D eigenvalue weighted by Gasteiger charge is 2.40. The molecule has 2 unspecified atom stereocenters. The molecular weight excluding hydrogens is 226 g/mol. The monoisotopic (exact) mass is 243 g/mol. The number of carboxylic acids is 1. The van der Waals surface area contributed by atoms with E-state index in [2.05, 4.69) is 0 Å². The normalized spacial score (nSPS) is 27.4. The minimum absolute atomic E-state index is 0.0564. The third-order valence-corrected chi connectivity index (χ3v) is 3.41. The van der Waals surface area contributed by atoms with E-state index in [-0.39, 0.29) is 11.8 Å². The van der Waals surface area contributed by atoms with E-state index in [0.717, 1.165) is 0 Å². The number of carbonyl (C=O) groups excluding carboxylic acids is 1. The predicted molar refractivity (Wildman–Crippen MR) is 57.4 cm³/mol. The molecule has 2 atom stereocenters. The lowest BCUT2D eigenvalue weighted by atomic mass is 9.87. The summed E-state index contributed by atoms with van der Waals surface area (Å²) in [4.78, 5) is 24.3. The van der Waals surface area contributed by atoms with Gasteiger partial charge >= 0.3 is 5.97 Å². The van der Waals surface area contributed by atoms with E-state index in [1.165, 1.54) is 0 Å².